The number of hydrogen-bond acceptors (Lipinski definition) is 4. The highest BCUT2D eigenvalue weighted by atomic mass is 32.1. The van der Waals surface area contributed by atoms with Crippen LogP contribution in [-0.2, 0) is 0 Å². The molecule has 1 aromatic heterocycles. The fraction of sp³-hybridized carbons (Fsp3) is 0.250. The third-order valence-corrected chi connectivity index (χ3v) is 3.91. The Morgan fingerprint density at radius 1 is 1.24 bits per heavy atom. The summed E-state index contributed by atoms with van der Waals surface area (Å²) in [6.07, 6.45) is 0.267. The number of carbonyl (C=O) groups is 2. The number of hydrogen-bond donors (Lipinski definition) is 1. The van der Waals surface area contributed by atoms with Crippen molar-refractivity contribution in [3.8, 4) is 5.75 Å². The molecule has 2 aromatic rings. The number of thiophene rings is 1. The molecule has 1 amide bonds. The highest BCUT2D eigenvalue weighted by molar-refractivity contribution is 7.12. The first kappa shape index (κ1) is 15.3. The number of carbonyl (C=O) groups excluding carboxylic acids is 2. The predicted octanol–water partition coefficient (Wildman–Crippen LogP) is 3.15. The van der Waals surface area contributed by atoms with Gasteiger partial charge in [-0.2, -0.15) is 0 Å². The molecular weight excluding hydrogens is 286 g/mol. The van der Waals surface area contributed by atoms with Crippen LogP contribution in [0, 0.1) is 0 Å². The van der Waals surface area contributed by atoms with Crippen LogP contribution in [0.2, 0.25) is 0 Å². The Kier molecular flexibility index (Phi) is 5.11. The zero-order valence-corrected chi connectivity index (χ0v) is 12.8. The maximum Gasteiger partial charge on any atom is 0.265 e. The quantitative estimate of drug-likeness (QED) is 0.834. The van der Waals surface area contributed by atoms with Crippen LogP contribution in [0.15, 0.2) is 41.8 Å². The van der Waals surface area contributed by atoms with Crippen LogP contribution >= 0.6 is 11.3 Å². The summed E-state index contributed by atoms with van der Waals surface area (Å²) in [5.41, 5.74) is 0.660. The van der Waals surface area contributed by atoms with Crippen molar-refractivity contribution >= 4 is 23.0 Å². The Morgan fingerprint density at radius 3 is 2.62 bits per heavy atom. The van der Waals surface area contributed by atoms with Gasteiger partial charge in [0.15, 0.2) is 5.78 Å². The average molecular weight is 303 g/mol. The Labute approximate surface area is 127 Å². The van der Waals surface area contributed by atoms with Crippen LogP contribution in [0.3, 0.4) is 0 Å². The van der Waals surface area contributed by atoms with E-state index < -0.39 is 0 Å². The summed E-state index contributed by atoms with van der Waals surface area (Å²) in [5.74, 6) is 0.357. The van der Waals surface area contributed by atoms with E-state index >= 15 is 0 Å². The molecule has 1 atom stereocenters. The summed E-state index contributed by atoms with van der Waals surface area (Å²) >= 11 is 1.32. The molecule has 1 unspecified atom stereocenters. The van der Waals surface area contributed by atoms with Crippen molar-refractivity contribution in [1.29, 1.82) is 0 Å². The van der Waals surface area contributed by atoms with Crippen molar-refractivity contribution in [1.82, 2.24) is 5.32 Å². The van der Waals surface area contributed by atoms with Gasteiger partial charge in [-0.05, 0) is 18.4 Å². The van der Waals surface area contributed by atoms with E-state index in [2.05, 4.69) is 5.32 Å². The smallest absolute Gasteiger partial charge is 0.265 e. The van der Waals surface area contributed by atoms with Gasteiger partial charge < -0.3 is 10.1 Å². The Morgan fingerprint density at radius 2 is 1.95 bits per heavy atom. The minimum atomic E-state index is -0.239. The van der Waals surface area contributed by atoms with Gasteiger partial charge in [-0.15, -0.1) is 11.3 Å². The van der Waals surface area contributed by atoms with Gasteiger partial charge in [0.2, 0.25) is 0 Å². The average Bonchev–Trinajstić information content (AvgIpc) is 2.96. The van der Waals surface area contributed by atoms with Gasteiger partial charge in [0.05, 0.1) is 7.11 Å². The molecule has 0 fully saturated rings. The standard InChI is InChI=1S/C16H17NO3S/c1-11(10-13(18)12-6-4-3-5-7-12)17-16(19)15-14(20-2)8-9-21-15/h3-9,11H,10H2,1-2H3,(H,17,19). The number of ether oxygens (including phenoxy) is 1. The molecule has 0 aliphatic heterocycles. The van der Waals surface area contributed by atoms with Gasteiger partial charge in [0, 0.05) is 18.0 Å². The molecule has 0 spiro atoms. The molecule has 0 aliphatic carbocycles. The second-order valence-corrected chi connectivity index (χ2v) is 5.60. The lowest BCUT2D eigenvalue weighted by atomic mass is 10.0. The molecule has 4 nitrogen and oxygen atoms in total. The van der Waals surface area contributed by atoms with Gasteiger partial charge in [-0.1, -0.05) is 30.3 Å². The number of Topliss-reactive ketones (excluding diaryl/α,β-unsaturated/α-hetero) is 1. The summed E-state index contributed by atoms with van der Waals surface area (Å²) in [6.45, 7) is 1.82. The van der Waals surface area contributed by atoms with Crippen molar-refractivity contribution in [2.75, 3.05) is 7.11 Å². The molecule has 110 valence electrons. The van der Waals surface area contributed by atoms with E-state index in [9.17, 15) is 9.59 Å². The molecule has 1 heterocycles. The van der Waals surface area contributed by atoms with Gasteiger partial charge >= 0.3 is 0 Å². The van der Waals surface area contributed by atoms with E-state index in [4.69, 9.17) is 4.74 Å². The van der Waals surface area contributed by atoms with Gasteiger partial charge in [0.25, 0.3) is 5.91 Å². The second-order valence-electron chi connectivity index (χ2n) is 4.69. The van der Waals surface area contributed by atoms with Crippen molar-refractivity contribution in [2.24, 2.45) is 0 Å². The van der Waals surface area contributed by atoms with Gasteiger partial charge in [-0.25, -0.2) is 0 Å². The molecule has 0 saturated carbocycles. The van der Waals surface area contributed by atoms with E-state index in [1.165, 1.54) is 18.4 Å². The zero-order valence-electron chi connectivity index (χ0n) is 12.0. The molecular formula is C16H17NO3S. The zero-order chi connectivity index (χ0) is 15.2. The first-order chi connectivity index (χ1) is 10.1. The number of methoxy groups -OCH3 is 1. The minimum Gasteiger partial charge on any atom is -0.495 e. The molecule has 0 bridgehead atoms. The third-order valence-electron chi connectivity index (χ3n) is 3.02. The summed E-state index contributed by atoms with van der Waals surface area (Å²) in [6, 6.07) is 10.6. The van der Waals surface area contributed by atoms with Crippen LogP contribution in [0.25, 0.3) is 0 Å². The molecule has 0 saturated heterocycles. The topological polar surface area (TPSA) is 55.4 Å². The van der Waals surface area contributed by atoms with Crippen molar-refractivity contribution < 1.29 is 14.3 Å². The lowest BCUT2D eigenvalue weighted by Crippen LogP contribution is -2.34. The van der Waals surface area contributed by atoms with Crippen LogP contribution in [-0.4, -0.2) is 24.8 Å². The predicted molar refractivity (Wildman–Crippen MR) is 83.2 cm³/mol. The normalized spacial score (nSPS) is 11.7. The van der Waals surface area contributed by atoms with E-state index in [-0.39, 0.29) is 24.2 Å². The fourth-order valence-corrected chi connectivity index (χ4v) is 2.75. The summed E-state index contributed by atoms with van der Waals surface area (Å²) in [5, 5.41) is 4.63. The SMILES string of the molecule is COc1ccsc1C(=O)NC(C)CC(=O)c1ccccc1. The van der Waals surface area contributed by atoms with Gasteiger partial charge in [0.1, 0.15) is 10.6 Å². The maximum absolute atomic E-state index is 12.1. The van der Waals surface area contributed by atoms with E-state index in [1.54, 1.807) is 23.6 Å². The summed E-state index contributed by atoms with van der Waals surface area (Å²) in [7, 11) is 1.53. The monoisotopic (exact) mass is 303 g/mol. The van der Waals surface area contributed by atoms with Crippen LogP contribution in [0.5, 0.6) is 5.75 Å². The lowest BCUT2D eigenvalue weighted by molar-refractivity contribution is 0.0919. The van der Waals surface area contributed by atoms with Crippen LogP contribution in [0.1, 0.15) is 33.4 Å². The number of nitrogens with one attached hydrogen (secondary N) is 1. The number of rotatable bonds is 6. The molecule has 2 rings (SSSR count). The number of amides is 1. The van der Waals surface area contributed by atoms with E-state index in [0.717, 1.165) is 0 Å². The molecule has 1 aromatic carbocycles. The lowest BCUT2D eigenvalue weighted by Gasteiger charge is -2.13. The molecule has 1 N–H and O–H groups in total. The Hall–Kier alpha value is -2.14. The summed E-state index contributed by atoms with van der Waals surface area (Å²) < 4.78 is 5.12. The van der Waals surface area contributed by atoms with Crippen LogP contribution < -0.4 is 10.1 Å². The number of benzene rings is 1. The largest absolute Gasteiger partial charge is 0.495 e. The fourth-order valence-electron chi connectivity index (χ4n) is 1.98. The van der Waals surface area contributed by atoms with E-state index in [1.807, 2.05) is 25.1 Å². The first-order valence-electron chi connectivity index (χ1n) is 6.62. The Balaban J connectivity index is 1.94. The highest BCUT2D eigenvalue weighted by Crippen LogP contribution is 2.24. The molecule has 0 aliphatic rings. The third kappa shape index (κ3) is 3.92. The first-order valence-corrected chi connectivity index (χ1v) is 7.50. The van der Waals surface area contributed by atoms with Crippen molar-refractivity contribution in [3.05, 3.63) is 52.2 Å². The number of ketones is 1. The molecule has 21 heavy (non-hydrogen) atoms. The maximum atomic E-state index is 12.1. The van der Waals surface area contributed by atoms with Crippen molar-refractivity contribution in [2.45, 2.75) is 19.4 Å². The second kappa shape index (κ2) is 7.04. The van der Waals surface area contributed by atoms with Gasteiger partial charge in [-0.3, -0.25) is 9.59 Å². The minimum absolute atomic E-state index is 0.0153. The Bertz CT molecular complexity index is 621. The summed E-state index contributed by atoms with van der Waals surface area (Å²) in [4.78, 5) is 24.7. The molecule has 0 radical (unpaired) electrons. The van der Waals surface area contributed by atoms with E-state index in [0.29, 0.717) is 16.2 Å². The highest BCUT2D eigenvalue weighted by Gasteiger charge is 2.18. The van der Waals surface area contributed by atoms with Crippen molar-refractivity contribution in [3.63, 3.8) is 0 Å². The van der Waals surface area contributed by atoms with Crippen LogP contribution in [0.4, 0.5) is 0 Å². The molecule has 5 heteroatoms.